The molecule has 1 aliphatic rings. The van der Waals surface area contributed by atoms with Crippen molar-refractivity contribution in [3.05, 3.63) is 56.7 Å². The Balaban J connectivity index is 1.75. The molecule has 0 atom stereocenters. The summed E-state index contributed by atoms with van der Waals surface area (Å²) >= 11 is 0. The smallest absolute Gasteiger partial charge is 0.331 e. The fourth-order valence-corrected chi connectivity index (χ4v) is 3.74. The largest absolute Gasteiger partial charge is 0.495 e. The molecule has 1 aliphatic heterocycles. The number of methoxy groups -OCH3 is 1. The maximum absolute atomic E-state index is 13.3. The molecule has 10 nitrogen and oxygen atoms in total. The van der Waals surface area contributed by atoms with E-state index in [1.165, 1.54) is 7.11 Å². The average Bonchev–Trinajstić information content (AvgIpc) is 3.26. The number of aromatic nitrogens is 4. The first-order valence-corrected chi connectivity index (χ1v) is 10.2. The topological polar surface area (TPSA) is 121 Å². The van der Waals surface area contributed by atoms with Crippen LogP contribution in [-0.2, 0) is 30.7 Å². The highest BCUT2D eigenvalue weighted by Crippen LogP contribution is 2.24. The molecule has 1 amide bonds. The Hall–Kier alpha value is -3.69. The molecule has 0 saturated heterocycles. The van der Waals surface area contributed by atoms with Crippen molar-refractivity contribution in [2.75, 3.05) is 12.4 Å². The van der Waals surface area contributed by atoms with Crippen LogP contribution in [0.1, 0.15) is 31.4 Å². The molecule has 162 valence electrons. The number of nitrogens with one attached hydrogen (secondary N) is 1. The summed E-state index contributed by atoms with van der Waals surface area (Å²) < 4.78 is 12.9. The van der Waals surface area contributed by atoms with Crippen LogP contribution in [0.2, 0.25) is 0 Å². The molecule has 3 aromatic rings. The SMILES string of the molecule is CCc1nc(-c2c3n(c(=O)n(CC(=O)Nc4ccccc4OC)c2=O)CCCC3)no1. The van der Waals surface area contributed by atoms with Crippen molar-refractivity contribution < 1.29 is 14.1 Å². The number of benzene rings is 1. The number of para-hydroxylation sites is 2. The lowest BCUT2D eigenvalue weighted by atomic mass is 10.0. The number of carbonyl (C=O) groups excluding carboxylic acids is 1. The summed E-state index contributed by atoms with van der Waals surface area (Å²) in [6.45, 7) is 1.89. The van der Waals surface area contributed by atoms with Crippen molar-refractivity contribution in [1.29, 1.82) is 0 Å². The maximum atomic E-state index is 13.3. The Morgan fingerprint density at radius 2 is 2.06 bits per heavy atom. The second-order valence-electron chi connectivity index (χ2n) is 7.22. The zero-order valence-electron chi connectivity index (χ0n) is 17.4. The highest BCUT2D eigenvalue weighted by atomic mass is 16.5. The van der Waals surface area contributed by atoms with Gasteiger partial charge in [0.25, 0.3) is 5.56 Å². The van der Waals surface area contributed by atoms with Crippen LogP contribution in [0.3, 0.4) is 0 Å². The zero-order valence-corrected chi connectivity index (χ0v) is 17.4. The van der Waals surface area contributed by atoms with Gasteiger partial charge in [0, 0.05) is 18.7 Å². The number of ether oxygens (including phenoxy) is 1. The molecular formula is C21H23N5O5. The summed E-state index contributed by atoms with van der Waals surface area (Å²) in [6.07, 6.45) is 2.74. The molecule has 0 spiro atoms. The lowest BCUT2D eigenvalue weighted by Gasteiger charge is -2.21. The monoisotopic (exact) mass is 425 g/mol. The third-order valence-corrected chi connectivity index (χ3v) is 5.26. The first-order valence-electron chi connectivity index (χ1n) is 10.2. The van der Waals surface area contributed by atoms with Crippen LogP contribution in [0.4, 0.5) is 5.69 Å². The standard InChI is InChI=1S/C21H23N5O5/c1-3-17-23-19(24-31-17)18-14-9-6-7-11-25(14)21(29)26(20(18)28)12-16(27)22-13-8-4-5-10-15(13)30-2/h4-5,8,10H,3,6-7,9,11-12H2,1-2H3,(H,22,27). The summed E-state index contributed by atoms with van der Waals surface area (Å²) in [6, 6.07) is 6.90. The van der Waals surface area contributed by atoms with Gasteiger partial charge < -0.3 is 14.6 Å². The van der Waals surface area contributed by atoms with E-state index in [0.29, 0.717) is 42.4 Å². The van der Waals surface area contributed by atoms with Gasteiger partial charge in [-0.3, -0.25) is 18.7 Å². The Kier molecular flexibility index (Phi) is 5.70. The first-order chi connectivity index (χ1) is 15.0. The Morgan fingerprint density at radius 3 is 2.81 bits per heavy atom. The molecule has 0 radical (unpaired) electrons. The van der Waals surface area contributed by atoms with E-state index in [1.54, 1.807) is 28.8 Å². The number of carbonyl (C=O) groups is 1. The van der Waals surface area contributed by atoms with E-state index >= 15 is 0 Å². The van der Waals surface area contributed by atoms with E-state index < -0.39 is 23.7 Å². The Bertz CT molecular complexity index is 1240. The summed E-state index contributed by atoms with van der Waals surface area (Å²) in [7, 11) is 1.49. The first kappa shape index (κ1) is 20.6. The molecular weight excluding hydrogens is 402 g/mol. The number of anilines is 1. The quantitative estimate of drug-likeness (QED) is 0.637. The molecule has 2 aromatic heterocycles. The van der Waals surface area contributed by atoms with Gasteiger partial charge in [0.15, 0.2) is 0 Å². The highest BCUT2D eigenvalue weighted by molar-refractivity contribution is 5.92. The van der Waals surface area contributed by atoms with Gasteiger partial charge >= 0.3 is 5.69 Å². The Morgan fingerprint density at radius 1 is 1.26 bits per heavy atom. The van der Waals surface area contributed by atoms with Gasteiger partial charge in [-0.2, -0.15) is 4.98 Å². The van der Waals surface area contributed by atoms with Gasteiger partial charge in [0.2, 0.25) is 17.6 Å². The van der Waals surface area contributed by atoms with Crippen molar-refractivity contribution >= 4 is 11.6 Å². The predicted octanol–water partition coefficient (Wildman–Crippen LogP) is 1.61. The third kappa shape index (κ3) is 3.88. The zero-order chi connectivity index (χ0) is 22.0. The normalized spacial score (nSPS) is 13.0. The predicted molar refractivity (Wildman–Crippen MR) is 112 cm³/mol. The number of rotatable bonds is 6. The van der Waals surface area contributed by atoms with Crippen molar-refractivity contribution in [3.8, 4) is 17.1 Å². The maximum Gasteiger partial charge on any atom is 0.331 e. The fourth-order valence-electron chi connectivity index (χ4n) is 3.74. The lowest BCUT2D eigenvalue weighted by molar-refractivity contribution is -0.116. The molecule has 4 rings (SSSR count). The van der Waals surface area contributed by atoms with Gasteiger partial charge in [0.05, 0.1) is 12.8 Å². The van der Waals surface area contributed by atoms with Crippen LogP contribution in [-0.4, -0.2) is 32.3 Å². The number of hydrogen-bond donors (Lipinski definition) is 1. The number of hydrogen-bond acceptors (Lipinski definition) is 7. The number of nitrogens with zero attached hydrogens (tertiary/aromatic N) is 4. The lowest BCUT2D eigenvalue weighted by Crippen LogP contribution is -2.45. The van der Waals surface area contributed by atoms with Gasteiger partial charge in [-0.1, -0.05) is 24.2 Å². The summed E-state index contributed by atoms with van der Waals surface area (Å²) in [4.78, 5) is 43.3. The van der Waals surface area contributed by atoms with Crippen LogP contribution in [0.15, 0.2) is 38.4 Å². The van der Waals surface area contributed by atoms with Crippen LogP contribution in [0.25, 0.3) is 11.4 Å². The van der Waals surface area contributed by atoms with Crippen molar-refractivity contribution in [2.24, 2.45) is 0 Å². The fraction of sp³-hybridized carbons (Fsp3) is 0.381. The molecule has 0 bridgehead atoms. The average molecular weight is 425 g/mol. The summed E-state index contributed by atoms with van der Waals surface area (Å²) in [5.74, 6) is 0.500. The number of aryl methyl sites for hydroxylation is 1. The molecule has 31 heavy (non-hydrogen) atoms. The van der Waals surface area contributed by atoms with Crippen molar-refractivity contribution in [1.82, 2.24) is 19.3 Å². The minimum Gasteiger partial charge on any atom is -0.495 e. The van der Waals surface area contributed by atoms with Gasteiger partial charge in [-0.15, -0.1) is 0 Å². The summed E-state index contributed by atoms with van der Waals surface area (Å²) in [5.41, 5.74) is 0.139. The second kappa shape index (κ2) is 8.58. The minimum atomic E-state index is -0.600. The molecule has 0 saturated carbocycles. The van der Waals surface area contributed by atoms with Crippen LogP contribution >= 0.6 is 0 Å². The number of amides is 1. The highest BCUT2D eigenvalue weighted by Gasteiger charge is 2.26. The second-order valence-corrected chi connectivity index (χ2v) is 7.22. The van der Waals surface area contributed by atoms with Crippen LogP contribution in [0, 0.1) is 0 Å². The van der Waals surface area contributed by atoms with Gasteiger partial charge in [-0.25, -0.2) is 4.79 Å². The number of fused-ring (bicyclic) bond motifs is 1. The molecule has 0 aliphatic carbocycles. The van der Waals surface area contributed by atoms with Crippen LogP contribution < -0.4 is 21.3 Å². The van der Waals surface area contributed by atoms with Gasteiger partial charge in [0.1, 0.15) is 17.9 Å². The van der Waals surface area contributed by atoms with E-state index in [-0.39, 0.29) is 11.4 Å². The Labute approximate surface area is 177 Å². The molecule has 10 heteroatoms. The molecule has 0 unspecified atom stereocenters. The van der Waals surface area contributed by atoms with E-state index in [4.69, 9.17) is 9.26 Å². The van der Waals surface area contributed by atoms with Gasteiger partial charge in [-0.05, 0) is 31.4 Å². The summed E-state index contributed by atoms with van der Waals surface area (Å²) in [5, 5.41) is 6.63. The third-order valence-electron chi connectivity index (χ3n) is 5.26. The molecule has 0 fully saturated rings. The van der Waals surface area contributed by atoms with E-state index in [2.05, 4.69) is 15.5 Å². The molecule has 1 aromatic carbocycles. The molecule has 1 N–H and O–H groups in total. The van der Waals surface area contributed by atoms with Crippen molar-refractivity contribution in [2.45, 2.75) is 45.7 Å². The van der Waals surface area contributed by atoms with E-state index in [9.17, 15) is 14.4 Å². The van der Waals surface area contributed by atoms with E-state index in [0.717, 1.165) is 17.4 Å². The van der Waals surface area contributed by atoms with Crippen LogP contribution in [0.5, 0.6) is 5.75 Å². The van der Waals surface area contributed by atoms with E-state index in [1.807, 2.05) is 6.92 Å². The van der Waals surface area contributed by atoms with Crippen molar-refractivity contribution in [3.63, 3.8) is 0 Å². The minimum absolute atomic E-state index is 0.145. The molecule has 3 heterocycles.